The van der Waals surface area contributed by atoms with Crippen LogP contribution in [-0.4, -0.2) is 26.1 Å². The molecule has 1 rings (SSSR count). The maximum Gasteiger partial charge on any atom is 0.339 e. The van der Waals surface area contributed by atoms with Crippen LogP contribution in [0.2, 0.25) is 0 Å². The fourth-order valence-electron chi connectivity index (χ4n) is 0.841. The lowest BCUT2D eigenvalue weighted by molar-refractivity contribution is 0.589. The summed E-state index contributed by atoms with van der Waals surface area (Å²) in [4.78, 5) is 25.7. The van der Waals surface area contributed by atoms with Gasteiger partial charge in [0.25, 0.3) is 0 Å². The molecule has 1 heterocycles. The number of H-pyrrole nitrogens is 1. The molecule has 0 unspecified atom stereocenters. The first-order valence-corrected chi connectivity index (χ1v) is 5.24. The number of aromatic amines is 1. The highest BCUT2D eigenvalue weighted by molar-refractivity contribution is 8.00. The van der Waals surface area contributed by atoms with Crippen LogP contribution in [0.15, 0.2) is 14.7 Å². The average Bonchev–Trinajstić information content (AvgIpc) is 2.14. The zero-order valence-electron chi connectivity index (χ0n) is 8.90. The van der Waals surface area contributed by atoms with E-state index < -0.39 is 11.1 Å². The Labute approximate surface area is 90.9 Å². The lowest BCUT2D eigenvalue weighted by Crippen LogP contribution is -2.35. The van der Waals surface area contributed by atoms with Crippen molar-refractivity contribution in [3.05, 3.63) is 20.7 Å². The number of nitrogens with two attached hydrogens (primary N) is 1. The molecule has 1 aromatic rings. The third kappa shape index (κ3) is 2.93. The molecular formula is C8H14N4O2S. The Hall–Kier alpha value is -1.08. The van der Waals surface area contributed by atoms with Gasteiger partial charge in [-0.2, -0.15) is 4.98 Å². The van der Waals surface area contributed by atoms with E-state index in [1.807, 2.05) is 13.8 Å². The van der Waals surface area contributed by atoms with Gasteiger partial charge >= 0.3 is 11.1 Å². The van der Waals surface area contributed by atoms with Gasteiger partial charge in [-0.1, -0.05) is 11.8 Å². The minimum atomic E-state index is -0.775. The van der Waals surface area contributed by atoms with Crippen LogP contribution in [-0.2, 0) is 7.05 Å². The topological polar surface area (TPSA) is 93.8 Å². The number of hydrogen-bond donors (Lipinski definition) is 2. The number of nitrogens with zero attached hydrogens (tertiary/aromatic N) is 2. The zero-order chi connectivity index (χ0) is 11.6. The third-order valence-electron chi connectivity index (χ3n) is 1.81. The van der Waals surface area contributed by atoms with Crippen LogP contribution in [0.25, 0.3) is 0 Å². The molecule has 0 radical (unpaired) electrons. The van der Waals surface area contributed by atoms with Gasteiger partial charge in [0.05, 0.1) is 0 Å². The molecule has 0 aliphatic carbocycles. The van der Waals surface area contributed by atoms with Gasteiger partial charge in [-0.3, -0.25) is 19.4 Å². The Bertz CT molecular complexity index is 462. The molecule has 0 fully saturated rings. The largest absolute Gasteiger partial charge is 0.339 e. The van der Waals surface area contributed by atoms with E-state index in [1.54, 1.807) is 7.05 Å². The SMILES string of the molecule is Cn1[nH]c(=O)c(=O)nc1SC(C)(C)CN. The summed E-state index contributed by atoms with van der Waals surface area (Å²) >= 11 is 1.35. The van der Waals surface area contributed by atoms with Gasteiger partial charge in [-0.05, 0) is 13.8 Å². The molecule has 0 saturated carbocycles. The molecule has 0 aliphatic rings. The van der Waals surface area contributed by atoms with Gasteiger partial charge in [0.15, 0.2) is 5.16 Å². The molecule has 6 nitrogen and oxygen atoms in total. The van der Waals surface area contributed by atoms with E-state index in [2.05, 4.69) is 10.1 Å². The summed E-state index contributed by atoms with van der Waals surface area (Å²) in [5, 5.41) is 2.83. The first-order chi connectivity index (χ1) is 6.85. The van der Waals surface area contributed by atoms with Gasteiger partial charge in [0.2, 0.25) is 0 Å². The molecule has 0 bridgehead atoms. The van der Waals surface area contributed by atoms with E-state index in [4.69, 9.17) is 5.73 Å². The molecule has 1 aromatic heterocycles. The Morgan fingerprint density at radius 3 is 2.67 bits per heavy atom. The number of aryl methyl sites for hydroxylation is 1. The van der Waals surface area contributed by atoms with Crippen LogP contribution >= 0.6 is 11.8 Å². The molecule has 15 heavy (non-hydrogen) atoms. The Kier molecular flexibility index (Phi) is 3.35. The maximum atomic E-state index is 11.1. The lowest BCUT2D eigenvalue weighted by atomic mass is 10.2. The molecule has 7 heteroatoms. The van der Waals surface area contributed by atoms with E-state index in [9.17, 15) is 9.59 Å². The Morgan fingerprint density at radius 2 is 2.13 bits per heavy atom. The van der Waals surface area contributed by atoms with Crippen molar-refractivity contribution in [3.8, 4) is 0 Å². The number of aromatic nitrogens is 3. The van der Waals surface area contributed by atoms with Crippen molar-refractivity contribution in [1.29, 1.82) is 0 Å². The molecule has 84 valence electrons. The van der Waals surface area contributed by atoms with Crippen LogP contribution in [0.3, 0.4) is 0 Å². The van der Waals surface area contributed by atoms with Gasteiger partial charge in [0, 0.05) is 18.3 Å². The van der Waals surface area contributed by atoms with Crippen molar-refractivity contribution >= 4 is 11.8 Å². The van der Waals surface area contributed by atoms with E-state index in [1.165, 1.54) is 16.4 Å². The van der Waals surface area contributed by atoms with Gasteiger partial charge < -0.3 is 5.73 Å². The number of nitrogens with one attached hydrogen (secondary N) is 1. The second-order valence-corrected chi connectivity index (χ2v) is 5.44. The van der Waals surface area contributed by atoms with Gasteiger partial charge in [-0.25, -0.2) is 0 Å². The standard InChI is InChI=1S/C8H14N4O2S/c1-8(2,4-9)15-7-10-5(13)6(14)11-12(7)3/h4,9H2,1-3H3,(H,11,14). The van der Waals surface area contributed by atoms with Crippen molar-refractivity contribution in [2.24, 2.45) is 12.8 Å². The van der Waals surface area contributed by atoms with Gasteiger partial charge in [-0.15, -0.1) is 0 Å². The Balaban J connectivity index is 3.12. The first kappa shape index (κ1) is 12.0. The summed E-state index contributed by atoms with van der Waals surface area (Å²) in [7, 11) is 1.63. The number of rotatable bonds is 3. The highest BCUT2D eigenvalue weighted by Crippen LogP contribution is 2.28. The van der Waals surface area contributed by atoms with E-state index in [-0.39, 0.29) is 4.75 Å². The molecule has 0 amide bonds. The highest BCUT2D eigenvalue weighted by Gasteiger charge is 2.20. The number of hydrogen-bond acceptors (Lipinski definition) is 5. The fourth-order valence-corrected chi connectivity index (χ4v) is 1.73. The van der Waals surface area contributed by atoms with Crippen molar-refractivity contribution < 1.29 is 0 Å². The second kappa shape index (κ2) is 4.19. The van der Waals surface area contributed by atoms with Crippen LogP contribution in [0.1, 0.15) is 13.8 Å². The summed E-state index contributed by atoms with van der Waals surface area (Å²) in [6.07, 6.45) is 0. The van der Waals surface area contributed by atoms with Gasteiger partial charge in [0.1, 0.15) is 0 Å². The predicted molar refractivity (Wildman–Crippen MR) is 59.1 cm³/mol. The van der Waals surface area contributed by atoms with Crippen molar-refractivity contribution in [2.45, 2.75) is 23.8 Å². The Morgan fingerprint density at radius 1 is 1.53 bits per heavy atom. The highest BCUT2D eigenvalue weighted by atomic mass is 32.2. The van der Waals surface area contributed by atoms with E-state index >= 15 is 0 Å². The molecule has 0 spiro atoms. The molecule has 0 saturated heterocycles. The molecule has 3 N–H and O–H groups in total. The minimum absolute atomic E-state index is 0.227. The summed E-state index contributed by atoms with van der Waals surface area (Å²) < 4.78 is 1.20. The third-order valence-corrected chi connectivity index (χ3v) is 3.07. The second-order valence-electron chi connectivity index (χ2n) is 3.77. The lowest BCUT2D eigenvalue weighted by Gasteiger charge is -2.21. The van der Waals surface area contributed by atoms with Crippen molar-refractivity contribution in [3.63, 3.8) is 0 Å². The predicted octanol–water partition coefficient (Wildman–Crippen LogP) is -0.702. The van der Waals surface area contributed by atoms with Crippen LogP contribution in [0.5, 0.6) is 0 Å². The zero-order valence-corrected chi connectivity index (χ0v) is 9.72. The minimum Gasteiger partial charge on any atom is -0.329 e. The quantitative estimate of drug-likeness (QED) is 0.529. The molecule has 0 aromatic carbocycles. The summed E-state index contributed by atoms with van der Waals surface area (Å²) in [6, 6.07) is 0. The first-order valence-electron chi connectivity index (χ1n) is 4.42. The van der Waals surface area contributed by atoms with E-state index in [0.717, 1.165) is 0 Å². The van der Waals surface area contributed by atoms with Crippen LogP contribution in [0, 0.1) is 0 Å². The average molecular weight is 230 g/mol. The van der Waals surface area contributed by atoms with Crippen molar-refractivity contribution in [2.75, 3.05) is 6.54 Å². The number of thioether (sulfide) groups is 1. The normalized spacial score (nSPS) is 11.7. The summed E-state index contributed by atoms with van der Waals surface area (Å²) in [6.45, 7) is 4.33. The fraction of sp³-hybridized carbons (Fsp3) is 0.625. The summed E-state index contributed by atoms with van der Waals surface area (Å²) in [5.41, 5.74) is 4.07. The molecule has 0 aliphatic heterocycles. The molecule has 0 atom stereocenters. The molecular weight excluding hydrogens is 216 g/mol. The maximum absolute atomic E-state index is 11.1. The summed E-state index contributed by atoms with van der Waals surface area (Å²) in [5.74, 6) is 0. The smallest absolute Gasteiger partial charge is 0.329 e. The van der Waals surface area contributed by atoms with Crippen LogP contribution < -0.4 is 16.9 Å². The van der Waals surface area contributed by atoms with Crippen LogP contribution in [0.4, 0.5) is 0 Å². The van der Waals surface area contributed by atoms with E-state index in [0.29, 0.717) is 11.7 Å². The van der Waals surface area contributed by atoms with Crippen molar-refractivity contribution in [1.82, 2.24) is 14.8 Å². The monoisotopic (exact) mass is 230 g/mol.